The van der Waals surface area contributed by atoms with Crippen LogP contribution in [0.15, 0.2) is 47.0 Å². The van der Waals surface area contributed by atoms with Gasteiger partial charge in [0.15, 0.2) is 12.0 Å². The number of hydrazine groups is 1. The zero-order chi connectivity index (χ0) is 18.5. The number of aryl methyl sites for hydroxylation is 2. The number of benzene rings is 2. The van der Waals surface area contributed by atoms with Crippen LogP contribution in [0.4, 0.5) is 5.69 Å². The van der Waals surface area contributed by atoms with E-state index in [4.69, 9.17) is 14.0 Å². The number of hydrogen-bond donors (Lipinski definition) is 1. The second-order valence-corrected chi connectivity index (χ2v) is 6.93. The molecule has 3 heterocycles. The van der Waals surface area contributed by atoms with Gasteiger partial charge < -0.3 is 14.0 Å². The molecule has 1 aromatic heterocycles. The summed E-state index contributed by atoms with van der Waals surface area (Å²) in [5, 5.41) is 6.29. The quantitative estimate of drug-likeness (QED) is 0.757. The SMILES string of the molecule is COC1NN2c3c1ccc(-c1c(C)noc1C)c3OCC2c1ccccc1. The van der Waals surface area contributed by atoms with E-state index in [0.717, 1.165) is 39.6 Å². The maximum absolute atomic E-state index is 6.33. The van der Waals surface area contributed by atoms with E-state index in [-0.39, 0.29) is 12.3 Å². The van der Waals surface area contributed by atoms with Crippen molar-refractivity contribution in [3.63, 3.8) is 0 Å². The minimum atomic E-state index is -0.203. The first kappa shape index (κ1) is 16.4. The highest BCUT2D eigenvalue weighted by atomic mass is 16.5. The van der Waals surface area contributed by atoms with Gasteiger partial charge >= 0.3 is 0 Å². The van der Waals surface area contributed by atoms with E-state index in [1.807, 2.05) is 19.9 Å². The molecule has 6 nitrogen and oxygen atoms in total. The van der Waals surface area contributed by atoms with Gasteiger partial charge in [0, 0.05) is 18.2 Å². The minimum absolute atomic E-state index is 0.0671. The molecule has 0 bridgehead atoms. The maximum Gasteiger partial charge on any atom is 0.152 e. The lowest BCUT2D eigenvalue weighted by Crippen LogP contribution is -2.43. The van der Waals surface area contributed by atoms with Gasteiger partial charge in [0.25, 0.3) is 0 Å². The third-order valence-electron chi connectivity index (χ3n) is 5.36. The average Bonchev–Trinajstić information content (AvgIpc) is 3.24. The van der Waals surface area contributed by atoms with Crippen molar-refractivity contribution in [1.29, 1.82) is 0 Å². The summed E-state index contributed by atoms with van der Waals surface area (Å²) in [6.07, 6.45) is -0.203. The highest BCUT2D eigenvalue weighted by Gasteiger charge is 2.41. The third kappa shape index (κ3) is 2.37. The Morgan fingerprint density at radius 1 is 1.15 bits per heavy atom. The maximum atomic E-state index is 6.33. The molecule has 6 heteroatoms. The molecular formula is C21H21N3O3. The number of anilines is 1. The van der Waals surface area contributed by atoms with Crippen LogP contribution in [0.25, 0.3) is 11.1 Å². The monoisotopic (exact) mass is 363 g/mol. The molecule has 0 aliphatic carbocycles. The second-order valence-electron chi connectivity index (χ2n) is 6.93. The first-order chi connectivity index (χ1) is 13.2. The molecule has 27 heavy (non-hydrogen) atoms. The third-order valence-corrected chi connectivity index (χ3v) is 5.36. The van der Waals surface area contributed by atoms with Crippen LogP contribution in [-0.4, -0.2) is 18.9 Å². The Labute approximate surface area is 157 Å². The fourth-order valence-corrected chi connectivity index (χ4v) is 4.10. The van der Waals surface area contributed by atoms with Crippen LogP contribution in [0, 0.1) is 13.8 Å². The van der Waals surface area contributed by atoms with Crippen molar-refractivity contribution in [2.75, 3.05) is 18.7 Å². The van der Waals surface area contributed by atoms with E-state index in [9.17, 15) is 0 Å². The van der Waals surface area contributed by atoms with Crippen LogP contribution in [0.2, 0.25) is 0 Å². The molecule has 3 aromatic rings. The van der Waals surface area contributed by atoms with E-state index < -0.39 is 0 Å². The van der Waals surface area contributed by atoms with Crippen LogP contribution < -0.4 is 15.2 Å². The van der Waals surface area contributed by atoms with Gasteiger partial charge in [-0.1, -0.05) is 41.6 Å². The first-order valence-electron chi connectivity index (χ1n) is 9.05. The standard InChI is InChI=1S/C21H21N3O3/c1-12-18(13(2)27-23-12)15-9-10-16-19-20(15)26-11-17(14-7-5-4-6-8-14)24(19)22-21(16)25-3/h4-10,17,21-22H,11H2,1-3H3. The van der Waals surface area contributed by atoms with Crippen LogP contribution in [0.5, 0.6) is 5.75 Å². The smallest absolute Gasteiger partial charge is 0.152 e. The predicted molar refractivity (Wildman–Crippen MR) is 101 cm³/mol. The summed E-state index contributed by atoms with van der Waals surface area (Å²) in [6, 6.07) is 14.6. The van der Waals surface area contributed by atoms with Crippen LogP contribution >= 0.6 is 0 Å². The molecule has 2 unspecified atom stereocenters. The second kappa shape index (κ2) is 6.11. The van der Waals surface area contributed by atoms with Crippen molar-refractivity contribution < 1.29 is 14.0 Å². The van der Waals surface area contributed by atoms with Crippen molar-refractivity contribution in [3.8, 4) is 16.9 Å². The molecule has 0 spiro atoms. The van der Waals surface area contributed by atoms with Crippen molar-refractivity contribution in [2.24, 2.45) is 0 Å². The van der Waals surface area contributed by atoms with Crippen molar-refractivity contribution in [2.45, 2.75) is 26.1 Å². The fraction of sp³-hybridized carbons (Fsp3) is 0.286. The molecule has 2 aliphatic heterocycles. The molecular weight excluding hydrogens is 342 g/mol. The van der Waals surface area contributed by atoms with Crippen LogP contribution in [0.1, 0.15) is 34.9 Å². The number of ether oxygens (including phenoxy) is 2. The Kier molecular flexibility index (Phi) is 3.70. The van der Waals surface area contributed by atoms with Gasteiger partial charge in [-0.15, -0.1) is 0 Å². The number of methoxy groups -OCH3 is 1. The van der Waals surface area contributed by atoms with E-state index in [1.165, 1.54) is 5.56 Å². The molecule has 2 atom stereocenters. The average molecular weight is 363 g/mol. The summed E-state index contributed by atoms with van der Waals surface area (Å²) in [7, 11) is 1.71. The normalized spacial score (nSPS) is 20.5. The van der Waals surface area contributed by atoms with Gasteiger partial charge in [-0.05, 0) is 25.5 Å². The van der Waals surface area contributed by atoms with E-state index in [1.54, 1.807) is 7.11 Å². The Morgan fingerprint density at radius 2 is 1.96 bits per heavy atom. The Hall–Kier alpha value is -2.83. The summed E-state index contributed by atoms with van der Waals surface area (Å²) >= 11 is 0. The molecule has 0 amide bonds. The molecule has 2 aliphatic rings. The summed E-state index contributed by atoms with van der Waals surface area (Å²) < 4.78 is 17.4. The lowest BCUT2D eigenvalue weighted by molar-refractivity contribution is 0.0767. The number of hydrogen-bond acceptors (Lipinski definition) is 6. The Morgan fingerprint density at radius 3 is 2.67 bits per heavy atom. The van der Waals surface area contributed by atoms with Gasteiger partial charge in [0.2, 0.25) is 0 Å². The van der Waals surface area contributed by atoms with E-state index in [2.05, 4.69) is 52.0 Å². The Bertz CT molecular complexity index is 980. The van der Waals surface area contributed by atoms with Crippen molar-refractivity contribution in [3.05, 3.63) is 65.0 Å². The molecule has 1 N–H and O–H groups in total. The van der Waals surface area contributed by atoms with E-state index >= 15 is 0 Å². The molecule has 2 aromatic carbocycles. The molecule has 138 valence electrons. The van der Waals surface area contributed by atoms with Crippen molar-refractivity contribution >= 4 is 5.69 Å². The van der Waals surface area contributed by atoms with E-state index in [0.29, 0.717) is 6.61 Å². The zero-order valence-corrected chi connectivity index (χ0v) is 15.5. The van der Waals surface area contributed by atoms with Gasteiger partial charge in [0.1, 0.15) is 24.1 Å². The van der Waals surface area contributed by atoms with Crippen molar-refractivity contribution in [1.82, 2.24) is 10.6 Å². The van der Waals surface area contributed by atoms with Crippen LogP contribution in [0.3, 0.4) is 0 Å². The summed E-state index contributed by atoms with van der Waals surface area (Å²) in [4.78, 5) is 0. The molecule has 0 fully saturated rings. The molecule has 0 saturated heterocycles. The number of nitrogens with one attached hydrogen (secondary N) is 1. The van der Waals surface area contributed by atoms with Gasteiger partial charge in [-0.3, -0.25) is 5.01 Å². The summed E-state index contributed by atoms with van der Waals surface area (Å²) in [5.74, 6) is 1.64. The molecule has 0 radical (unpaired) electrons. The topological polar surface area (TPSA) is 59.8 Å². The Balaban J connectivity index is 1.68. The number of rotatable bonds is 3. The highest BCUT2D eigenvalue weighted by Crippen LogP contribution is 2.52. The first-order valence-corrected chi connectivity index (χ1v) is 9.05. The lowest BCUT2D eigenvalue weighted by Gasteiger charge is -2.36. The largest absolute Gasteiger partial charge is 0.488 e. The predicted octanol–water partition coefficient (Wildman–Crippen LogP) is 4.06. The number of nitrogens with zero attached hydrogens (tertiary/aromatic N) is 2. The summed E-state index contributed by atoms with van der Waals surface area (Å²) in [6.45, 7) is 4.43. The minimum Gasteiger partial charge on any atom is -0.488 e. The number of aromatic nitrogens is 1. The summed E-state index contributed by atoms with van der Waals surface area (Å²) in [5.41, 5.74) is 9.64. The van der Waals surface area contributed by atoms with Crippen LogP contribution in [-0.2, 0) is 4.74 Å². The fourth-order valence-electron chi connectivity index (χ4n) is 4.10. The van der Waals surface area contributed by atoms with Gasteiger partial charge in [-0.2, -0.15) is 0 Å². The highest BCUT2D eigenvalue weighted by molar-refractivity contribution is 5.84. The van der Waals surface area contributed by atoms with Gasteiger partial charge in [-0.25, -0.2) is 5.43 Å². The van der Waals surface area contributed by atoms with Gasteiger partial charge in [0.05, 0.1) is 11.3 Å². The molecule has 5 rings (SSSR count). The molecule has 0 saturated carbocycles. The zero-order valence-electron chi connectivity index (χ0n) is 15.5. The lowest BCUT2D eigenvalue weighted by atomic mass is 9.97.